The topological polar surface area (TPSA) is 79.9 Å². The van der Waals surface area contributed by atoms with E-state index in [1.54, 1.807) is 19.1 Å². The number of benzene rings is 1. The summed E-state index contributed by atoms with van der Waals surface area (Å²) in [7, 11) is 1.29. The van der Waals surface area contributed by atoms with Crippen molar-refractivity contribution in [1.82, 2.24) is 4.57 Å². The van der Waals surface area contributed by atoms with Gasteiger partial charge in [-0.2, -0.15) is 0 Å². The fraction of sp³-hybridized carbons (Fsp3) is 0.391. The zero-order valence-electron chi connectivity index (χ0n) is 18.1. The van der Waals surface area contributed by atoms with Crippen LogP contribution in [0.4, 0.5) is 0 Å². The van der Waals surface area contributed by atoms with E-state index in [1.165, 1.54) is 7.11 Å². The smallest absolute Gasteiger partial charge is 0.373 e. The van der Waals surface area contributed by atoms with Crippen LogP contribution in [0, 0.1) is 6.92 Å². The van der Waals surface area contributed by atoms with E-state index in [1.807, 2.05) is 19.1 Å². The number of carbonyl (C=O) groups is 2. The zero-order chi connectivity index (χ0) is 22.5. The van der Waals surface area contributed by atoms with Gasteiger partial charge in [-0.3, -0.25) is 0 Å². The van der Waals surface area contributed by atoms with Crippen LogP contribution in [0.2, 0.25) is 0 Å². The molecular formula is C23H26BrNO6. The maximum atomic E-state index is 12.7. The Morgan fingerprint density at radius 2 is 1.94 bits per heavy atom. The molecule has 2 heterocycles. The minimum Gasteiger partial charge on any atom is -0.484 e. The van der Waals surface area contributed by atoms with Gasteiger partial charge in [-0.15, -0.1) is 0 Å². The monoisotopic (exact) mass is 491 g/mol. The largest absolute Gasteiger partial charge is 0.484 e. The lowest BCUT2D eigenvalue weighted by Crippen LogP contribution is -2.07. The van der Waals surface area contributed by atoms with Crippen LogP contribution in [0.1, 0.15) is 59.1 Å². The molecule has 0 unspecified atom stereocenters. The normalized spacial score (nSPS) is 11.0. The van der Waals surface area contributed by atoms with Crippen molar-refractivity contribution in [2.45, 2.75) is 46.8 Å². The van der Waals surface area contributed by atoms with Crippen LogP contribution < -0.4 is 4.74 Å². The van der Waals surface area contributed by atoms with Gasteiger partial charge in [-0.1, -0.05) is 13.3 Å². The maximum absolute atomic E-state index is 12.7. The maximum Gasteiger partial charge on any atom is 0.373 e. The van der Waals surface area contributed by atoms with Crippen molar-refractivity contribution in [3.8, 4) is 5.75 Å². The number of aromatic nitrogens is 1. The number of ether oxygens (including phenoxy) is 3. The fourth-order valence-corrected chi connectivity index (χ4v) is 3.91. The standard InChI is InChI=1S/C23H26BrNO6/c1-5-7-10-25-14(3)21(23(27)29-6-2)16-11-20(17(24)12-18(16)25)30-13-15-8-9-19(31-15)22(26)28-4/h8-9,11-12H,5-7,10,13H2,1-4H3. The lowest BCUT2D eigenvalue weighted by Gasteiger charge is -2.10. The predicted octanol–water partition coefficient (Wildman–Crippen LogP) is 5.65. The molecule has 3 aromatic rings. The number of hydrogen-bond acceptors (Lipinski definition) is 6. The third-order valence-corrected chi connectivity index (χ3v) is 5.63. The summed E-state index contributed by atoms with van der Waals surface area (Å²) in [5.41, 5.74) is 2.37. The molecule has 7 nitrogen and oxygen atoms in total. The first-order chi connectivity index (χ1) is 14.9. The van der Waals surface area contributed by atoms with Crippen LogP contribution in [-0.2, 0) is 22.6 Å². The number of fused-ring (bicyclic) bond motifs is 1. The van der Waals surface area contributed by atoms with Crippen molar-refractivity contribution in [2.75, 3.05) is 13.7 Å². The highest BCUT2D eigenvalue weighted by atomic mass is 79.9. The van der Waals surface area contributed by atoms with E-state index >= 15 is 0 Å². The molecule has 2 aromatic heterocycles. The number of furan rings is 1. The van der Waals surface area contributed by atoms with Crippen LogP contribution in [0.5, 0.6) is 5.75 Å². The molecule has 1 aromatic carbocycles. The average molecular weight is 492 g/mol. The average Bonchev–Trinajstić information content (AvgIpc) is 3.32. The lowest BCUT2D eigenvalue weighted by atomic mass is 10.1. The number of esters is 2. The van der Waals surface area contributed by atoms with Crippen LogP contribution in [0.25, 0.3) is 10.9 Å². The Morgan fingerprint density at radius 3 is 2.61 bits per heavy atom. The molecule has 8 heteroatoms. The van der Waals surface area contributed by atoms with Crippen LogP contribution in [0.3, 0.4) is 0 Å². The van der Waals surface area contributed by atoms with E-state index in [2.05, 4.69) is 32.2 Å². The van der Waals surface area contributed by atoms with Crippen molar-refractivity contribution in [2.24, 2.45) is 0 Å². The van der Waals surface area contributed by atoms with E-state index in [-0.39, 0.29) is 18.3 Å². The molecule has 166 valence electrons. The summed E-state index contributed by atoms with van der Waals surface area (Å²) in [4.78, 5) is 24.2. The number of aryl methyl sites for hydroxylation is 1. The van der Waals surface area contributed by atoms with Crippen molar-refractivity contribution in [1.29, 1.82) is 0 Å². The molecule has 0 aliphatic heterocycles. The Hall–Kier alpha value is -2.74. The highest BCUT2D eigenvalue weighted by Gasteiger charge is 2.23. The Balaban J connectivity index is 1.96. The number of carbonyl (C=O) groups excluding carboxylic acids is 2. The number of halogens is 1. The van der Waals surface area contributed by atoms with Gasteiger partial charge in [0, 0.05) is 17.6 Å². The summed E-state index contributed by atoms with van der Waals surface area (Å²) in [5.74, 6) is 0.263. The molecule has 0 atom stereocenters. The summed E-state index contributed by atoms with van der Waals surface area (Å²) in [5, 5.41) is 0.778. The van der Waals surface area contributed by atoms with Gasteiger partial charge in [0.25, 0.3) is 0 Å². The predicted molar refractivity (Wildman–Crippen MR) is 120 cm³/mol. The van der Waals surface area contributed by atoms with Gasteiger partial charge in [0.15, 0.2) is 0 Å². The van der Waals surface area contributed by atoms with E-state index < -0.39 is 5.97 Å². The SMILES string of the molecule is CCCCn1c(C)c(C(=O)OCC)c2cc(OCc3ccc(C(=O)OC)o3)c(Br)cc21. The number of hydrogen-bond donors (Lipinski definition) is 0. The summed E-state index contributed by atoms with van der Waals surface area (Å²) in [6.07, 6.45) is 2.05. The molecule has 0 saturated carbocycles. The van der Waals surface area contributed by atoms with E-state index in [4.69, 9.17) is 13.9 Å². The highest BCUT2D eigenvalue weighted by molar-refractivity contribution is 9.10. The molecule has 0 N–H and O–H groups in total. The Bertz CT molecular complexity index is 1100. The van der Waals surface area contributed by atoms with Crippen LogP contribution in [-0.4, -0.2) is 30.2 Å². The van der Waals surface area contributed by atoms with E-state index in [9.17, 15) is 9.59 Å². The Labute approximate surface area is 189 Å². The second-order valence-electron chi connectivity index (χ2n) is 7.03. The molecule has 31 heavy (non-hydrogen) atoms. The molecule has 0 radical (unpaired) electrons. The second kappa shape index (κ2) is 10.0. The quantitative estimate of drug-likeness (QED) is 0.360. The lowest BCUT2D eigenvalue weighted by molar-refractivity contribution is 0.0525. The van der Waals surface area contributed by atoms with Crippen molar-refractivity contribution >= 4 is 38.8 Å². The zero-order valence-corrected chi connectivity index (χ0v) is 19.7. The summed E-state index contributed by atoms with van der Waals surface area (Å²) >= 11 is 3.58. The van der Waals surface area contributed by atoms with Crippen LogP contribution >= 0.6 is 15.9 Å². The molecule has 0 aliphatic carbocycles. The van der Waals surface area contributed by atoms with Crippen molar-refractivity contribution in [3.05, 3.63) is 51.5 Å². The number of methoxy groups -OCH3 is 1. The minimum atomic E-state index is -0.545. The third kappa shape index (κ3) is 4.79. The van der Waals surface area contributed by atoms with Gasteiger partial charge in [0.1, 0.15) is 18.1 Å². The summed E-state index contributed by atoms with van der Waals surface area (Å²) in [6, 6.07) is 7.00. The van der Waals surface area contributed by atoms with Crippen LogP contribution in [0.15, 0.2) is 33.2 Å². The number of nitrogens with zero attached hydrogens (tertiary/aromatic N) is 1. The molecular weight excluding hydrogens is 466 g/mol. The number of rotatable bonds is 9. The van der Waals surface area contributed by atoms with Gasteiger partial charge in [0.2, 0.25) is 5.76 Å². The molecule has 0 saturated heterocycles. The minimum absolute atomic E-state index is 0.115. The first-order valence-corrected chi connectivity index (χ1v) is 11.0. The van der Waals surface area contributed by atoms with Gasteiger partial charge in [-0.05, 0) is 60.5 Å². The van der Waals surface area contributed by atoms with E-state index in [0.29, 0.717) is 23.7 Å². The van der Waals surface area contributed by atoms with Gasteiger partial charge in [-0.25, -0.2) is 9.59 Å². The molecule has 0 amide bonds. The molecule has 0 spiro atoms. The van der Waals surface area contributed by atoms with Gasteiger partial charge in [0.05, 0.1) is 29.3 Å². The molecule has 0 fully saturated rings. The summed E-state index contributed by atoms with van der Waals surface area (Å²) < 4.78 is 24.2. The highest BCUT2D eigenvalue weighted by Crippen LogP contribution is 2.36. The van der Waals surface area contributed by atoms with Gasteiger partial charge < -0.3 is 23.2 Å². The number of unbranched alkanes of at least 4 members (excludes halogenated alkanes) is 1. The Morgan fingerprint density at radius 1 is 1.16 bits per heavy atom. The first-order valence-electron chi connectivity index (χ1n) is 10.2. The Kier molecular flexibility index (Phi) is 7.43. The second-order valence-corrected chi connectivity index (χ2v) is 7.89. The van der Waals surface area contributed by atoms with Gasteiger partial charge >= 0.3 is 11.9 Å². The van der Waals surface area contributed by atoms with Crippen molar-refractivity contribution in [3.63, 3.8) is 0 Å². The molecule has 3 rings (SSSR count). The van der Waals surface area contributed by atoms with Crippen molar-refractivity contribution < 1.29 is 28.2 Å². The van der Waals surface area contributed by atoms with E-state index in [0.717, 1.165) is 40.5 Å². The first kappa shape index (κ1) is 22.9. The third-order valence-electron chi connectivity index (χ3n) is 5.01. The molecule has 0 bridgehead atoms. The summed E-state index contributed by atoms with van der Waals surface area (Å²) in [6.45, 7) is 7.10. The fourth-order valence-electron chi connectivity index (χ4n) is 3.47. The molecule has 0 aliphatic rings.